The van der Waals surface area contributed by atoms with Gasteiger partial charge in [0.15, 0.2) is 0 Å². The van der Waals surface area contributed by atoms with Crippen LogP contribution in [0, 0.1) is 11.3 Å². The highest BCUT2D eigenvalue weighted by Crippen LogP contribution is 2.18. The Bertz CT molecular complexity index is 452. The van der Waals surface area contributed by atoms with Crippen LogP contribution in [0.1, 0.15) is 19.4 Å². The number of rotatable bonds is 3. The van der Waals surface area contributed by atoms with Gasteiger partial charge in [-0.05, 0) is 26.0 Å². The first-order valence-electron chi connectivity index (χ1n) is 6.63. The van der Waals surface area contributed by atoms with E-state index in [-0.39, 0.29) is 6.10 Å². The SMILES string of the molecule is CC(O)CN1CCN(c2ccc(C#N)cn2)C(C)C1. The smallest absolute Gasteiger partial charge is 0.128 e. The molecule has 0 aromatic carbocycles. The number of hydrogen-bond acceptors (Lipinski definition) is 5. The van der Waals surface area contributed by atoms with E-state index in [4.69, 9.17) is 5.26 Å². The summed E-state index contributed by atoms with van der Waals surface area (Å²) in [5.74, 6) is 0.920. The zero-order valence-corrected chi connectivity index (χ0v) is 11.5. The number of aliphatic hydroxyl groups is 1. The minimum Gasteiger partial charge on any atom is -0.392 e. The number of aromatic nitrogens is 1. The third kappa shape index (κ3) is 3.43. The average molecular weight is 260 g/mol. The van der Waals surface area contributed by atoms with Gasteiger partial charge in [-0.1, -0.05) is 0 Å². The molecule has 0 bridgehead atoms. The van der Waals surface area contributed by atoms with E-state index in [1.54, 1.807) is 12.3 Å². The standard InChI is InChI=1S/C14H20N4O/c1-11-9-17(10-12(2)19)5-6-18(11)14-4-3-13(7-15)8-16-14/h3-4,8,11-12,19H,5-6,9-10H2,1-2H3. The Labute approximate surface area is 114 Å². The van der Waals surface area contributed by atoms with E-state index < -0.39 is 0 Å². The largest absolute Gasteiger partial charge is 0.392 e. The first-order valence-corrected chi connectivity index (χ1v) is 6.63. The molecule has 2 unspecified atom stereocenters. The average Bonchev–Trinajstić information content (AvgIpc) is 2.38. The molecular weight excluding hydrogens is 240 g/mol. The minimum absolute atomic E-state index is 0.285. The number of aliphatic hydroxyl groups excluding tert-OH is 1. The Morgan fingerprint density at radius 1 is 1.53 bits per heavy atom. The number of piperazine rings is 1. The lowest BCUT2D eigenvalue weighted by atomic mass is 10.1. The van der Waals surface area contributed by atoms with Crippen molar-refractivity contribution >= 4 is 5.82 Å². The van der Waals surface area contributed by atoms with Crippen LogP contribution in [0.3, 0.4) is 0 Å². The molecule has 1 aromatic rings. The first-order chi connectivity index (χ1) is 9.10. The molecule has 0 saturated carbocycles. The highest BCUT2D eigenvalue weighted by atomic mass is 16.3. The van der Waals surface area contributed by atoms with Crippen molar-refractivity contribution in [1.29, 1.82) is 5.26 Å². The summed E-state index contributed by atoms with van der Waals surface area (Å²) in [7, 11) is 0. The predicted octanol–water partition coefficient (Wildman–Crippen LogP) is 0.845. The summed E-state index contributed by atoms with van der Waals surface area (Å²) in [5.41, 5.74) is 0.587. The maximum Gasteiger partial charge on any atom is 0.128 e. The molecule has 2 rings (SSSR count). The van der Waals surface area contributed by atoms with Crippen LogP contribution in [0.15, 0.2) is 18.3 Å². The number of nitrogens with zero attached hydrogens (tertiary/aromatic N) is 4. The third-order valence-corrected chi connectivity index (χ3v) is 3.41. The van der Waals surface area contributed by atoms with Gasteiger partial charge in [0, 0.05) is 38.4 Å². The quantitative estimate of drug-likeness (QED) is 0.872. The van der Waals surface area contributed by atoms with E-state index >= 15 is 0 Å². The zero-order chi connectivity index (χ0) is 13.8. The lowest BCUT2D eigenvalue weighted by Crippen LogP contribution is -2.53. The van der Waals surface area contributed by atoms with Crippen LogP contribution in [0.25, 0.3) is 0 Å². The highest BCUT2D eigenvalue weighted by molar-refractivity contribution is 5.43. The van der Waals surface area contributed by atoms with Gasteiger partial charge in [-0.15, -0.1) is 0 Å². The number of nitriles is 1. The molecule has 1 aromatic heterocycles. The van der Waals surface area contributed by atoms with E-state index in [0.717, 1.165) is 32.0 Å². The van der Waals surface area contributed by atoms with Crippen molar-refractivity contribution in [3.8, 4) is 6.07 Å². The lowest BCUT2D eigenvalue weighted by Gasteiger charge is -2.41. The number of anilines is 1. The van der Waals surface area contributed by atoms with Gasteiger partial charge in [-0.2, -0.15) is 5.26 Å². The molecule has 5 nitrogen and oxygen atoms in total. The number of pyridine rings is 1. The Kier molecular flexibility index (Phi) is 4.35. The van der Waals surface area contributed by atoms with Crippen molar-refractivity contribution in [3.63, 3.8) is 0 Å². The molecule has 2 atom stereocenters. The molecule has 0 spiro atoms. The van der Waals surface area contributed by atoms with Crippen molar-refractivity contribution in [2.45, 2.75) is 26.0 Å². The van der Waals surface area contributed by atoms with Gasteiger partial charge in [-0.3, -0.25) is 4.90 Å². The second-order valence-electron chi connectivity index (χ2n) is 5.17. The van der Waals surface area contributed by atoms with Crippen LogP contribution in [0.2, 0.25) is 0 Å². The third-order valence-electron chi connectivity index (χ3n) is 3.41. The molecule has 1 aliphatic rings. The summed E-state index contributed by atoms with van der Waals surface area (Å²) < 4.78 is 0. The van der Waals surface area contributed by atoms with Crippen LogP contribution in [0.5, 0.6) is 0 Å². The van der Waals surface area contributed by atoms with E-state index in [1.165, 1.54) is 0 Å². The normalized spacial score (nSPS) is 22.0. The Balaban J connectivity index is 2.01. The molecule has 5 heteroatoms. The van der Waals surface area contributed by atoms with E-state index in [0.29, 0.717) is 11.6 Å². The maximum atomic E-state index is 9.43. The van der Waals surface area contributed by atoms with Gasteiger partial charge in [-0.25, -0.2) is 4.98 Å². The maximum absolute atomic E-state index is 9.43. The van der Waals surface area contributed by atoms with Crippen LogP contribution in [-0.2, 0) is 0 Å². The number of β-amino-alcohol motifs (C(OH)–C–C–N with tert-alkyl or cyclic N) is 1. The Morgan fingerprint density at radius 2 is 2.32 bits per heavy atom. The van der Waals surface area contributed by atoms with E-state index in [2.05, 4.69) is 27.8 Å². The molecule has 0 radical (unpaired) electrons. The second kappa shape index (κ2) is 6.00. The molecule has 0 aliphatic carbocycles. The number of hydrogen-bond donors (Lipinski definition) is 1. The molecule has 1 saturated heterocycles. The van der Waals surface area contributed by atoms with Crippen molar-refractivity contribution in [3.05, 3.63) is 23.9 Å². The summed E-state index contributed by atoms with van der Waals surface area (Å²) in [5, 5.41) is 18.2. The first kappa shape index (κ1) is 13.8. The summed E-state index contributed by atoms with van der Waals surface area (Å²) in [6, 6.07) is 6.14. The molecular formula is C14H20N4O. The van der Waals surface area contributed by atoms with Crippen LogP contribution >= 0.6 is 0 Å². The van der Waals surface area contributed by atoms with Gasteiger partial charge < -0.3 is 10.0 Å². The molecule has 1 fully saturated rings. The van der Waals surface area contributed by atoms with E-state index in [9.17, 15) is 5.11 Å². The summed E-state index contributed by atoms with van der Waals surface area (Å²) in [4.78, 5) is 8.87. The molecule has 1 aliphatic heterocycles. The molecule has 0 amide bonds. The molecule has 102 valence electrons. The van der Waals surface area contributed by atoms with Crippen molar-refractivity contribution in [1.82, 2.24) is 9.88 Å². The fraction of sp³-hybridized carbons (Fsp3) is 0.571. The van der Waals surface area contributed by atoms with Crippen molar-refractivity contribution < 1.29 is 5.11 Å². The monoisotopic (exact) mass is 260 g/mol. The van der Waals surface area contributed by atoms with Gasteiger partial charge in [0.05, 0.1) is 11.7 Å². The topological polar surface area (TPSA) is 63.4 Å². The Morgan fingerprint density at radius 3 is 2.84 bits per heavy atom. The van der Waals surface area contributed by atoms with Crippen LogP contribution < -0.4 is 4.90 Å². The highest BCUT2D eigenvalue weighted by Gasteiger charge is 2.24. The molecule has 19 heavy (non-hydrogen) atoms. The second-order valence-corrected chi connectivity index (χ2v) is 5.17. The zero-order valence-electron chi connectivity index (χ0n) is 11.5. The summed E-state index contributed by atoms with van der Waals surface area (Å²) in [6.07, 6.45) is 1.33. The minimum atomic E-state index is -0.285. The van der Waals surface area contributed by atoms with Gasteiger partial charge >= 0.3 is 0 Å². The van der Waals surface area contributed by atoms with E-state index in [1.807, 2.05) is 13.0 Å². The summed E-state index contributed by atoms with van der Waals surface area (Å²) in [6.45, 7) is 7.45. The van der Waals surface area contributed by atoms with Crippen LogP contribution in [0.4, 0.5) is 5.82 Å². The Hall–Kier alpha value is -1.64. The lowest BCUT2D eigenvalue weighted by molar-refractivity contribution is 0.114. The fourth-order valence-electron chi connectivity index (χ4n) is 2.53. The predicted molar refractivity (Wildman–Crippen MR) is 73.9 cm³/mol. The summed E-state index contributed by atoms with van der Waals surface area (Å²) >= 11 is 0. The van der Waals surface area contributed by atoms with Crippen molar-refractivity contribution in [2.24, 2.45) is 0 Å². The van der Waals surface area contributed by atoms with Gasteiger partial charge in [0.1, 0.15) is 11.9 Å². The fourth-order valence-corrected chi connectivity index (χ4v) is 2.53. The molecule has 2 heterocycles. The van der Waals surface area contributed by atoms with Crippen LogP contribution in [-0.4, -0.2) is 53.3 Å². The van der Waals surface area contributed by atoms with Crippen molar-refractivity contribution in [2.75, 3.05) is 31.1 Å². The molecule has 1 N–H and O–H groups in total. The van der Waals surface area contributed by atoms with Gasteiger partial charge in [0.25, 0.3) is 0 Å². The van der Waals surface area contributed by atoms with Gasteiger partial charge in [0.2, 0.25) is 0 Å².